The van der Waals surface area contributed by atoms with E-state index in [1.54, 1.807) is 24.3 Å². The summed E-state index contributed by atoms with van der Waals surface area (Å²) in [6.45, 7) is 4.32. The zero-order chi connectivity index (χ0) is 22.0. The third kappa shape index (κ3) is 4.33. The lowest BCUT2D eigenvalue weighted by Crippen LogP contribution is -2.22. The summed E-state index contributed by atoms with van der Waals surface area (Å²) in [5.41, 5.74) is 3.99. The van der Waals surface area contributed by atoms with Crippen molar-refractivity contribution in [1.82, 2.24) is 9.97 Å². The van der Waals surface area contributed by atoms with Gasteiger partial charge in [0.1, 0.15) is 5.75 Å². The van der Waals surface area contributed by atoms with Gasteiger partial charge in [0, 0.05) is 12.6 Å². The smallest absolute Gasteiger partial charge is 0.261 e. The highest BCUT2D eigenvalue weighted by Crippen LogP contribution is 2.32. The second-order valence-electron chi connectivity index (χ2n) is 8.06. The molecule has 1 aliphatic rings. The Balaban J connectivity index is 1.56. The van der Waals surface area contributed by atoms with Crippen LogP contribution in [0.3, 0.4) is 0 Å². The molecule has 6 nitrogen and oxygen atoms in total. The first-order valence-electron chi connectivity index (χ1n) is 10.4. The number of rotatable bonds is 5. The van der Waals surface area contributed by atoms with Crippen LogP contribution in [-0.2, 0) is 6.42 Å². The molecule has 0 saturated carbocycles. The molecule has 1 heterocycles. The number of nitrogens with zero attached hydrogens (tertiary/aromatic N) is 2. The molecule has 0 fully saturated rings. The average Bonchev–Trinajstić information content (AvgIpc) is 2.78. The molecule has 0 aliphatic heterocycles. The number of hydrogen-bond acceptors (Lipinski definition) is 5. The summed E-state index contributed by atoms with van der Waals surface area (Å²) in [5.74, 6) is 0.845. The molecular weight excluding hydrogens is 390 g/mol. The number of benzene rings is 2. The van der Waals surface area contributed by atoms with E-state index < -0.39 is 0 Å². The molecule has 2 aromatic carbocycles. The Bertz CT molecular complexity index is 1120. The number of carbonyl (C=O) groups is 2. The van der Waals surface area contributed by atoms with E-state index in [2.05, 4.69) is 53.4 Å². The summed E-state index contributed by atoms with van der Waals surface area (Å²) in [7, 11) is 1.51. The normalized spacial score (nSPS) is 15.5. The number of para-hydroxylation sites is 1. The number of ether oxygens (including phenoxy) is 1. The van der Waals surface area contributed by atoms with Gasteiger partial charge in [-0.15, -0.1) is 0 Å². The van der Waals surface area contributed by atoms with E-state index in [4.69, 9.17) is 4.74 Å². The predicted molar refractivity (Wildman–Crippen MR) is 119 cm³/mol. The van der Waals surface area contributed by atoms with Crippen molar-refractivity contribution in [2.75, 3.05) is 12.4 Å². The third-order valence-electron chi connectivity index (χ3n) is 5.69. The first kappa shape index (κ1) is 20.7. The summed E-state index contributed by atoms with van der Waals surface area (Å²) < 4.78 is 5.25. The van der Waals surface area contributed by atoms with Crippen molar-refractivity contribution in [3.63, 3.8) is 0 Å². The zero-order valence-electron chi connectivity index (χ0n) is 17.9. The quantitative estimate of drug-likeness (QED) is 0.649. The Morgan fingerprint density at radius 3 is 2.55 bits per heavy atom. The maximum Gasteiger partial charge on any atom is 0.261 e. The summed E-state index contributed by atoms with van der Waals surface area (Å²) >= 11 is 0. The lowest BCUT2D eigenvalue weighted by atomic mass is 9.81. The molecule has 1 aliphatic carbocycles. The van der Waals surface area contributed by atoms with Crippen molar-refractivity contribution < 1.29 is 14.3 Å². The van der Waals surface area contributed by atoms with Crippen LogP contribution in [0.2, 0.25) is 0 Å². The molecule has 1 unspecified atom stereocenters. The highest BCUT2D eigenvalue weighted by Gasteiger charge is 2.28. The number of amides is 1. The first-order chi connectivity index (χ1) is 15.0. The maximum absolute atomic E-state index is 12.7. The number of nitrogens with one attached hydrogen (secondary N) is 1. The largest absolute Gasteiger partial charge is 0.496 e. The van der Waals surface area contributed by atoms with Gasteiger partial charge < -0.3 is 4.74 Å². The van der Waals surface area contributed by atoms with Gasteiger partial charge in [-0.2, -0.15) is 0 Å². The van der Waals surface area contributed by atoms with Gasteiger partial charge in [0.25, 0.3) is 5.91 Å². The van der Waals surface area contributed by atoms with Crippen molar-refractivity contribution in [2.45, 2.75) is 38.5 Å². The van der Waals surface area contributed by atoms with Crippen LogP contribution in [0, 0.1) is 0 Å². The number of methoxy groups -OCH3 is 1. The van der Waals surface area contributed by atoms with Gasteiger partial charge >= 0.3 is 0 Å². The van der Waals surface area contributed by atoms with E-state index in [1.807, 2.05) is 0 Å². The van der Waals surface area contributed by atoms with Crippen LogP contribution >= 0.6 is 0 Å². The number of Topliss-reactive ketones (excluding diaryl/α,β-unsaturated/α-hetero) is 1. The van der Waals surface area contributed by atoms with E-state index in [0.29, 0.717) is 41.3 Å². The van der Waals surface area contributed by atoms with Crippen LogP contribution in [0.15, 0.2) is 54.7 Å². The second-order valence-corrected chi connectivity index (χ2v) is 8.06. The number of anilines is 1. The summed E-state index contributed by atoms with van der Waals surface area (Å²) in [4.78, 5) is 34.0. The Morgan fingerprint density at radius 2 is 1.84 bits per heavy atom. The zero-order valence-corrected chi connectivity index (χ0v) is 17.9. The number of aromatic nitrogens is 2. The number of fused-ring (bicyclic) bond motifs is 1. The first-order valence-corrected chi connectivity index (χ1v) is 10.4. The second kappa shape index (κ2) is 8.68. The molecule has 0 bridgehead atoms. The summed E-state index contributed by atoms with van der Waals surface area (Å²) in [6, 6.07) is 15.4. The van der Waals surface area contributed by atoms with Crippen LogP contribution < -0.4 is 10.1 Å². The Labute approximate surface area is 181 Å². The van der Waals surface area contributed by atoms with Gasteiger partial charge in [-0.05, 0) is 41.5 Å². The molecular formula is C25H25N3O3. The van der Waals surface area contributed by atoms with Crippen LogP contribution in [0.5, 0.6) is 5.75 Å². The van der Waals surface area contributed by atoms with Crippen molar-refractivity contribution in [1.29, 1.82) is 0 Å². The topological polar surface area (TPSA) is 81.2 Å². The number of hydrogen-bond donors (Lipinski definition) is 1. The highest BCUT2D eigenvalue weighted by molar-refractivity contribution is 6.05. The molecule has 0 spiro atoms. The fourth-order valence-electron chi connectivity index (χ4n) is 3.90. The fraction of sp³-hybridized carbons (Fsp3) is 0.280. The summed E-state index contributed by atoms with van der Waals surface area (Å²) in [6.07, 6.45) is 2.58. The number of carbonyl (C=O) groups excluding carboxylic acids is 2. The van der Waals surface area contributed by atoms with Crippen molar-refractivity contribution in [2.24, 2.45) is 0 Å². The van der Waals surface area contributed by atoms with Crippen molar-refractivity contribution in [3.05, 3.63) is 82.7 Å². The Morgan fingerprint density at radius 1 is 1.10 bits per heavy atom. The molecule has 1 aromatic heterocycles. The van der Waals surface area contributed by atoms with Gasteiger partial charge in [0.05, 0.1) is 23.9 Å². The van der Waals surface area contributed by atoms with E-state index in [9.17, 15) is 9.59 Å². The summed E-state index contributed by atoms with van der Waals surface area (Å²) in [5, 5.41) is 2.72. The van der Waals surface area contributed by atoms with Gasteiger partial charge in [-0.25, -0.2) is 9.97 Å². The molecule has 4 rings (SSSR count). The average molecular weight is 415 g/mol. The molecule has 158 valence electrons. The van der Waals surface area contributed by atoms with Gasteiger partial charge in [-0.1, -0.05) is 50.2 Å². The minimum atomic E-state index is -0.361. The SMILES string of the molecule is COc1ccccc1C(=O)Nc1ncc2c(n1)CC(c1ccc(C(C)C)cc1)CC2=O. The molecule has 0 radical (unpaired) electrons. The lowest BCUT2D eigenvalue weighted by molar-refractivity contribution is 0.0962. The molecule has 0 saturated heterocycles. The Kier molecular flexibility index (Phi) is 5.80. The van der Waals surface area contributed by atoms with E-state index in [-0.39, 0.29) is 23.6 Å². The van der Waals surface area contributed by atoms with Crippen LogP contribution in [0.1, 0.15) is 69.6 Å². The fourth-order valence-corrected chi connectivity index (χ4v) is 3.90. The molecule has 6 heteroatoms. The van der Waals surface area contributed by atoms with Gasteiger partial charge in [0.2, 0.25) is 5.95 Å². The van der Waals surface area contributed by atoms with E-state index in [1.165, 1.54) is 18.9 Å². The van der Waals surface area contributed by atoms with Gasteiger partial charge in [0.15, 0.2) is 5.78 Å². The Hall–Kier alpha value is -3.54. The van der Waals surface area contributed by atoms with Crippen LogP contribution in [0.25, 0.3) is 0 Å². The third-order valence-corrected chi connectivity index (χ3v) is 5.69. The molecule has 1 amide bonds. The number of ketones is 1. The standard InChI is InChI=1S/C25H25N3O3/c1-15(2)16-8-10-17(11-9-16)18-12-21-20(22(29)13-18)14-26-25(27-21)28-24(30)19-6-4-5-7-23(19)31-3/h4-11,14-15,18H,12-13H2,1-3H3,(H,26,27,28,30). The van der Waals surface area contributed by atoms with Crippen molar-refractivity contribution in [3.8, 4) is 5.75 Å². The minimum Gasteiger partial charge on any atom is -0.496 e. The van der Waals surface area contributed by atoms with Gasteiger partial charge in [-0.3, -0.25) is 14.9 Å². The lowest BCUT2D eigenvalue weighted by Gasteiger charge is -2.23. The van der Waals surface area contributed by atoms with Crippen LogP contribution in [-0.4, -0.2) is 28.8 Å². The molecule has 3 aromatic rings. The molecule has 1 N–H and O–H groups in total. The van der Waals surface area contributed by atoms with Crippen LogP contribution in [0.4, 0.5) is 5.95 Å². The minimum absolute atomic E-state index is 0.0294. The monoisotopic (exact) mass is 415 g/mol. The molecule has 1 atom stereocenters. The highest BCUT2D eigenvalue weighted by atomic mass is 16.5. The van der Waals surface area contributed by atoms with E-state index in [0.717, 1.165) is 5.56 Å². The molecule has 31 heavy (non-hydrogen) atoms. The predicted octanol–water partition coefficient (Wildman–Crippen LogP) is 4.77. The maximum atomic E-state index is 12.7. The van der Waals surface area contributed by atoms with Crippen molar-refractivity contribution >= 4 is 17.6 Å². The van der Waals surface area contributed by atoms with E-state index >= 15 is 0 Å².